The summed E-state index contributed by atoms with van der Waals surface area (Å²) in [5, 5.41) is 3.34. The molecule has 0 radical (unpaired) electrons. The van der Waals surface area contributed by atoms with Gasteiger partial charge in [-0.25, -0.2) is 0 Å². The average molecular weight is 233 g/mol. The monoisotopic (exact) mass is 233 g/mol. The molecule has 1 rings (SSSR count). The van der Waals surface area contributed by atoms with Crippen molar-refractivity contribution in [3.8, 4) is 11.8 Å². The highest BCUT2D eigenvalue weighted by molar-refractivity contribution is 7.99. The highest BCUT2D eigenvalue weighted by Gasteiger charge is 1.96. The molecule has 1 nitrogen and oxygen atoms in total. The molecule has 0 saturated carbocycles. The van der Waals surface area contributed by atoms with E-state index >= 15 is 0 Å². The third kappa shape index (κ3) is 5.25. The lowest BCUT2D eigenvalue weighted by Crippen LogP contribution is -2.11. The van der Waals surface area contributed by atoms with E-state index in [2.05, 4.69) is 48.3 Å². The molecule has 0 amide bonds. The molecule has 0 spiro atoms. The van der Waals surface area contributed by atoms with Crippen LogP contribution in [0.2, 0.25) is 0 Å². The van der Waals surface area contributed by atoms with Crippen molar-refractivity contribution in [3.05, 3.63) is 29.8 Å². The van der Waals surface area contributed by atoms with Crippen LogP contribution in [0.15, 0.2) is 29.2 Å². The summed E-state index contributed by atoms with van der Waals surface area (Å²) in [7, 11) is 0. The lowest BCUT2D eigenvalue weighted by molar-refractivity contribution is 0.725. The van der Waals surface area contributed by atoms with E-state index in [0.717, 1.165) is 25.3 Å². The molecule has 2 heteroatoms. The topological polar surface area (TPSA) is 12.0 Å². The molecule has 0 aliphatic rings. The average Bonchev–Trinajstić information content (AvgIpc) is 2.33. The zero-order chi connectivity index (χ0) is 11.6. The second kappa shape index (κ2) is 8.27. The molecule has 0 bridgehead atoms. The molecular formula is C14H19NS. The molecule has 16 heavy (non-hydrogen) atoms. The van der Waals surface area contributed by atoms with Crippen molar-refractivity contribution in [2.45, 2.75) is 31.7 Å². The van der Waals surface area contributed by atoms with Crippen LogP contribution < -0.4 is 5.32 Å². The standard InChI is InChI=1S/C14H19NS/c1-3-5-6-10-16-14-9-7-8-13(11-14)12-15-4-2/h7-9,11,15H,4,6,10,12H2,1-2H3. The van der Waals surface area contributed by atoms with Crippen molar-refractivity contribution in [3.63, 3.8) is 0 Å². The van der Waals surface area contributed by atoms with E-state index in [0.29, 0.717) is 0 Å². The highest BCUT2D eigenvalue weighted by atomic mass is 32.2. The Balaban J connectivity index is 2.42. The summed E-state index contributed by atoms with van der Waals surface area (Å²) in [6.07, 6.45) is 0.971. The fraction of sp³-hybridized carbons (Fsp3) is 0.429. The zero-order valence-electron chi connectivity index (χ0n) is 10.0. The Morgan fingerprint density at radius 1 is 1.38 bits per heavy atom. The van der Waals surface area contributed by atoms with Crippen molar-refractivity contribution in [2.24, 2.45) is 0 Å². The summed E-state index contributed by atoms with van der Waals surface area (Å²) in [6, 6.07) is 8.71. The van der Waals surface area contributed by atoms with Gasteiger partial charge in [0.2, 0.25) is 0 Å². The van der Waals surface area contributed by atoms with Crippen LogP contribution in [-0.4, -0.2) is 12.3 Å². The van der Waals surface area contributed by atoms with Crippen LogP contribution in [0.1, 0.15) is 25.8 Å². The number of thioether (sulfide) groups is 1. The van der Waals surface area contributed by atoms with Crippen LogP contribution in [0.3, 0.4) is 0 Å². The summed E-state index contributed by atoms with van der Waals surface area (Å²) >= 11 is 1.88. The zero-order valence-corrected chi connectivity index (χ0v) is 10.9. The summed E-state index contributed by atoms with van der Waals surface area (Å²) in [5.74, 6) is 7.08. The molecule has 1 aromatic carbocycles. The minimum atomic E-state index is 0.958. The molecule has 0 fully saturated rings. The molecule has 0 atom stereocenters. The number of hydrogen-bond acceptors (Lipinski definition) is 2. The van der Waals surface area contributed by atoms with Gasteiger partial charge >= 0.3 is 0 Å². The van der Waals surface area contributed by atoms with E-state index in [1.54, 1.807) is 0 Å². The van der Waals surface area contributed by atoms with Gasteiger partial charge in [0.15, 0.2) is 0 Å². The Labute approximate surface area is 103 Å². The van der Waals surface area contributed by atoms with E-state index in [1.165, 1.54) is 10.5 Å². The Bertz CT molecular complexity index is 362. The number of rotatable bonds is 6. The smallest absolute Gasteiger partial charge is 0.0205 e. The fourth-order valence-electron chi connectivity index (χ4n) is 1.36. The van der Waals surface area contributed by atoms with Crippen molar-refractivity contribution < 1.29 is 0 Å². The van der Waals surface area contributed by atoms with Gasteiger partial charge in [-0.05, 0) is 31.2 Å². The van der Waals surface area contributed by atoms with Crippen LogP contribution in [0.5, 0.6) is 0 Å². The van der Waals surface area contributed by atoms with Gasteiger partial charge < -0.3 is 5.32 Å². The van der Waals surface area contributed by atoms with E-state index in [4.69, 9.17) is 0 Å². The quantitative estimate of drug-likeness (QED) is 0.459. The minimum absolute atomic E-state index is 0.958. The third-order valence-corrected chi connectivity index (χ3v) is 3.15. The van der Waals surface area contributed by atoms with Crippen LogP contribution >= 0.6 is 11.8 Å². The van der Waals surface area contributed by atoms with Crippen LogP contribution in [0, 0.1) is 11.8 Å². The molecule has 0 aliphatic carbocycles. The SMILES string of the molecule is CC#CCCSc1cccc(CNCC)c1. The second-order valence-electron chi connectivity index (χ2n) is 3.45. The number of benzene rings is 1. The lowest BCUT2D eigenvalue weighted by Gasteiger charge is -2.04. The normalized spacial score (nSPS) is 9.62. The van der Waals surface area contributed by atoms with E-state index in [-0.39, 0.29) is 0 Å². The first-order chi connectivity index (χ1) is 7.86. The van der Waals surface area contributed by atoms with Crippen molar-refractivity contribution in [1.29, 1.82) is 0 Å². The predicted molar refractivity (Wildman–Crippen MR) is 72.6 cm³/mol. The number of nitrogens with one attached hydrogen (secondary N) is 1. The van der Waals surface area contributed by atoms with E-state index in [1.807, 2.05) is 18.7 Å². The predicted octanol–water partition coefficient (Wildman–Crippen LogP) is 3.30. The van der Waals surface area contributed by atoms with Crippen LogP contribution in [0.25, 0.3) is 0 Å². The van der Waals surface area contributed by atoms with Gasteiger partial charge in [-0.15, -0.1) is 23.6 Å². The maximum Gasteiger partial charge on any atom is 0.0205 e. The van der Waals surface area contributed by atoms with Crippen LogP contribution in [0.4, 0.5) is 0 Å². The molecule has 86 valence electrons. The maximum atomic E-state index is 3.34. The minimum Gasteiger partial charge on any atom is -0.313 e. The van der Waals surface area contributed by atoms with Gasteiger partial charge in [-0.2, -0.15) is 0 Å². The molecular weight excluding hydrogens is 214 g/mol. The maximum absolute atomic E-state index is 3.34. The third-order valence-electron chi connectivity index (χ3n) is 2.15. The van der Waals surface area contributed by atoms with Crippen molar-refractivity contribution in [2.75, 3.05) is 12.3 Å². The van der Waals surface area contributed by atoms with Gasteiger partial charge in [0.05, 0.1) is 0 Å². The van der Waals surface area contributed by atoms with Gasteiger partial charge in [-0.1, -0.05) is 19.1 Å². The first-order valence-corrected chi connectivity index (χ1v) is 6.67. The summed E-state index contributed by atoms with van der Waals surface area (Å²) in [4.78, 5) is 1.34. The van der Waals surface area contributed by atoms with Gasteiger partial charge in [0.1, 0.15) is 0 Å². The summed E-state index contributed by atoms with van der Waals surface area (Å²) < 4.78 is 0. The summed E-state index contributed by atoms with van der Waals surface area (Å²) in [5.41, 5.74) is 1.36. The number of hydrogen-bond donors (Lipinski definition) is 1. The van der Waals surface area contributed by atoms with Gasteiger partial charge in [0, 0.05) is 23.6 Å². The Morgan fingerprint density at radius 3 is 3.00 bits per heavy atom. The largest absolute Gasteiger partial charge is 0.313 e. The van der Waals surface area contributed by atoms with E-state index in [9.17, 15) is 0 Å². The van der Waals surface area contributed by atoms with Gasteiger partial charge in [-0.3, -0.25) is 0 Å². The molecule has 0 aromatic heterocycles. The molecule has 0 heterocycles. The Hall–Kier alpha value is -0.910. The molecule has 0 aliphatic heterocycles. The first kappa shape index (κ1) is 13.2. The Kier molecular flexibility index (Phi) is 6.80. The van der Waals surface area contributed by atoms with Gasteiger partial charge in [0.25, 0.3) is 0 Å². The van der Waals surface area contributed by atoms with Crippen molar-refractivity contribution >= 4 is 11.8 Å². The first-order valence-electron chi connectivity index (χ1n) is 5.69. The fourth-order valence-corrected chi connectivity index (χ4v) is 2.21. The summed E-state index contributed by atoms with van der Waals surface area (Å²) in [6.45, 7) is 5.99. The molecule has 0 unspecified atom stereocenters. The molecule has 0 saturated heterocycles. The second-order valence-corrected chi connectivity index (χ2v) is 4.62. The molecule has 1 N–H and O–H groups in total. The van der Waals surface area contributed by atoms with Crippen LogP contribution in [-0.2, 0) is 6.54 Å². The highest BCUT2D eigenvalue weighted by Crippen LogP contribution is 2.19. The molecule has 1 aromatic rings. The van der Waals surface area contributed by atoms with Crippen molar-refractivity contribution in [1.82, 2.24) is 5.32 Å². The van der Waals surface area contributed by atoms with E-state index < -0.39 is 0 Å². The Morgan fingerprint density at radius 2 is 2.25 bits per heavy atom. The lowest BCUT2D eigenvalue weighted by atomic mass is 10.2.